The van der Waals surface area contributed by atoms with E-state index in [9.17, 15) is 0 Å². The molecule has 6 heteroatoms. The van der Waals surface area contributed by atoms with E-state index in [4.69, 9.17) is 0 Å². The molecule has 1 atom stereocenters. The number of anilines is 3. The second-order valence-corrected chi connectivity index (χ2v) is 30.2. The van der Waals surface area contributed by atoms with Crippen LogP contribution in [0, 0.1) is 0 Å². The molecular weight excluding hydrogens is 1190 g/mol. The van der Waals surface area contributed by atoms with Crippen molar-refractivity contribution in [3.8, 4) is 33.6 Å². The zero-order chi connectivity index (χ0) is 66.2. The fourth-order valence-corrected chi connectivity index (χ4v) is 18.6. The summed E-state index contributed by atoms with van der Waals surface area (Å²) in [5.74, 6) is 0. The van der Waals surface area contributed by atoms with Gasteiger partial charge in [0.15, 0.2) is 0 Å². The minimum Gasteiger partial charge on any atom is -0.311 e. The minimum absolute atomic E-state index is 0.0180. The van der Waals surface area contributed by atoms with Crippen LogP contribution in [0.1, 0.15) is 74.9 Å². The molecule has 3 nitrogen and oxygen atoms in total. The molecule has 4 heterocycles. The third-order valence-electron chi connectivity index (χ3n) is 22.9. The Hall–Kier alpha value is -11.3. The first-order chi connectivity index (χ1) is 48.4. The molecule has 2 aromatic heterocycles. The first kappa shape index (κ1) is 57.9. The van der Waals surface area contributed by atoms with E-state index in [0.29, 0.717) is 0 Å². The zero-order valence-electron chi connectivity index (χ0n) is 56.6. The van der Waals surface area contributed by atoms with Gasteiger partial charge in [-0.2, -0.15) is 0 Å². The molecule has 0 saturated carbocycles. The van der Waals surface area contributed by atoms with Crippen LogP contribution in [0.4, 0.5) is 17.1 Å². The van der Waals surface area contributed by atoms with Crippen molar-refractivity contribution in [3.05, 3.63) is 349 Å². The number of aromatic nitrogens is 2. The van der Waals surface area contributed by atoms with Crippen LogP contribution in [-0.2, 0) is 16.2 Å². The Labute approximate surface area is 580 Å². The average molecular weight is 1260 g/mol. The van der Waals surface area contributed by atoms with Gasteiger partial charge in [-0.05, 0) is 151 Å². The van der Waals surface area contributed by atoms with Crippen molar-refractivity contribution in [2.45, 2.75) is 57.8 Å². The highest BCUT2D eigenvalue weighted by Gasteiger charge is 2.56. The summed E-state index contributed by atoms with van der Waals surface area (Å²) in [7, 11) is 0. The molecule has 14 aromatic carbocycles. The smallest absolute Gasteiger partial charge is 0.246 e. The third-order valence-corrected chi connectivity index (χ3v) is 22.9. The number of hydrogen-bond donors (Lipinski definition) is 0. The molecule has 20 rings (SSSR count). The van der Waals surface area contributed by atoms with E-state index in [1.807, 2.05) is 0 Å². The van der Waals surface area contributed by atoms with Crippen LogP contribution in [0.25, 0.3) is 77.2 Å². The monoisotopic (exact) mass is 1260 g/mol. The summed E-state index contributed by atoms with van der Waals surface area (Å²) in [6, 6.07) is 122. The lowest BCUT2D eigenvalue weighted by Crippen LogP contribution is -2.75. The molecule has 0 radical (unpaired) electrons. The maximum atomic E-state index is 2.62. The molecule has 1 unspecified atom stereocenters. The molecule has 16 aromatic rings. The van der Waals surface area contributed by atoms with Crippen molar-refractivity contribution in [1.29, 1.82) is 0 Å². The summed E-state index contributed by atoms with van der Waals surface area (Å²) in [5, 5.41) is 5.06. The molecule has 0 N–H and O–H groups in total. The van der Waals surface area contributed by atoms with Crippen LogP contribution < -0.4 is 54.1 Å². The Morgan fingerprint density at radius 2 is 0.687 bits per heavy atom. The van der Waals surface area contributed by atoms with Gasteiger partial charge >= 0.3 is 0 Å². The summed E-state index contributed by atoms with van der Waals surface area (Å²) in [6.07, 6.45) is 0. The second-order valence-electron chi connectivity index (χ2n) is 30.2. The lowest BCUT2D eigenvalue weighted by atomic mass is 9.20. The van der Waals surface area contributed by atoms with Crippen molar-refractivity contribution >= 4 is 130 Å². The average Bonchev–Trinajstić information content (AvgIpc) is 1.49. The topological polar surface area (TPSA) is 13.1 Å². The van der Waals surface area contributed by atoms with Gasteiger partial charge in [-0.15, -0.1) is 0 Å². The maximum Gasteiger partial charge on any atom is 0.246 e. The van der Waals surface area contributed by atoms with E-state index in [1.165, 1.54) is 160 Å². The Bertz CT molecular complexity index is 5910. The van der Waals surface area contributed by atoms with Crippen LogP contribution in [-0.4, -0.2) is 29.3 Å². The lowest BCUT2D eigenvalue weighted by Gasteiger charge is -2.39. The van der Waals surface area contributed by atoms with E-state index in [-0.39, 0.29) is 31.0 Å². The number of nitrogens with zero attached hydrogens (tertiary/aromatic N) is 3. The number of rotatable bonds is 6. The van der Waals surface area contributed by atoms with Gasteiger partial charge in [0.05, 0.1) is 27.5 Å². The Kier molecular flexibility index (Phi) is 12.5. The third kappa shape index (κ3) is 8.24. The summed E-state index contributed by atoms with van der Waals surface area (Å²) in [4.78, 5) is 2.62. The van der Waals surface area contributed by atoms with Gasteiger partial charge < -0.3 is 14.0 Å². The quantitative estimate of drug-likeness (QED) is 0.151. The standard InChI is InChI=1S/C93H70B3N3/c1-91(2,3)59-43-53-84-69(55-59)70-56-60(92(4,5)6)44-54-85(70)98(84)65-45-47-73-71(57-65)87-75(49-51-80-89(87)96(63-31-15-9-16-32-63)78-38-22-21-37-77(78)94(80)61-27-11-7-12-28-61)93(73)74-48-46-66(97-82-40-24-19-35-67(82)68-36-20-25-41-83(68)97)58-72(74)88-76(93)50-52-81-90(88)99(64-33-17-10-18-34-64)86-42-26-23-39-79(86)95(81)62-29-13-8-14-30-62/h7-58H,1-6H3. The van der Waals surface area contributed by atoms with Gasteiger partial charge in [-0.25, -0.2) is 0 Å². The molecule has 4 aliphatic rings. The first-order valence-electron chi connectivity index (χ1n) is 35.3. The van der Waals surface area contributed by atoms with Crippen molar-refractivity contribution < 1.29 is 0 Å². The molecule has 1 spiro atoms. The molecule has 0 amide bonds. The van der Waals surface area contributed by atoms with Gasteiger partial charge in [-0.3, -0.25) is 0 Å². The van der Waals surface area contributed by atoms with Crippen LogP contribution in [0.3, 0.4) is 0 Å². The second kappa shape index (κ2) is 21.3. The Balaban J connectivity index is 0.959. The Morgan fingerprint density at radius 1 is 0.283 bits per heavy atom. The van der Waals surface area contributed by atoms with Crippen LogP contribution in [0.2, 0.25) is 0 Å². The highest BCUT2D eigenvalue weighted by atomic mass is 15.2. The minimum atomic E-state index is -0.802. The van der Waals surface area contributed by atoms with Gasteiger partial charge in [0, 0.05) is 55.5 Å². The summed E-state index contributed by atoms with van der Waals surface area (Å²) < 4.78 is 5.11. The molecule has 99 heavy (non-hydrogen) atoms. The van der Waals surface area contributed by atoms with Crippen LogP contribution in [0.15, 0.2) is 315 Å². The van der Waals surface area contributed by atoms with E-state index in [0.717, 1.165) is 17.1 Å². The largest absolute Gasteiger partial charge is 0.311 e. The molecule has 2 aliphatic heterocycles. The number of para-hydroxylation sites is 4. The van der Waals surface area contributed by atoms with Gasteiger partial charge in [0.2, 0.25) is 20.1 Å². The van der Waals surface area contributed by atoms with Crippen molar-refractivity contribution in [1.82, 2.24) is 9.13 Å². The normalized spacial score (nSPS) is 14.9. The highest BCUT2D eigenvalue weighted by molar-refractivity contribution is 7.11. The molecule has 0 saturated heterocycles. The summed E-state index contributed by atoms with van der Waals surface area (Å²) >= 11 is 0. The number of hydrogen-bond acceptors (Lipinski definition) is 1. The van der Waals surface area contributed by atoms with Crippen molar-refractivity contribution in [3.63, 3.8) is 0 Å². The van der Waals surface area contributed by atoms with Gasteiger partial charge in [-0.1, -0.05) is 316 Å². The van der Waals surface area contributed by atoms with Gasteiger partial charge in [0.1, 0.15) is 0 Å². The van der Waals surface area contributed by atoms with Gasteiger partial charge in [0.25, 0.3) is 0 Å². The molecule has 466 valence electrons. The molecule has 0 bridgehead atoms. The van der Waals surface area contributed by atoms with Crippen molar-refractivity contribution in [2.24, 2.45) is 0 Å². The molecule has 2 aliphatic carbocycles. The van der Waals surface area contributed by atoms with Crippen LogP contribution >= 0.6 is 0 Å². The van der Waals surface area contributed by atoms with E-state index >= 15 is 0 Å². The highest BCUT2D eigenvalue weighted by Crippen LogP contribution is 2.65. The van der Waals surface area contributed by atoms with Crippen molar-refractivity contribution in [2.75, 3.05) is 4.90 Å². The summed E-state index contributed by atoms with van der Waals surface area (Å²) in [6.45, 7) is 13.9. The predicted molar refractivity (Wildman–Crippen MR) is 423 cm³/mol. The first-order valence-corrected chi connectivity index (χ1v) is 35.3. The fraction of sp³-hybridized carbons (Fsp3) is 0.0968. The number of fused-ring (bicyclic) bond motifs is 22. The summed E-state index contributed by atoms with van der Waals surface area (Å²) in [5.41, 5.74) is 34.6. The number of benzene rings is 14. The van der Waals surface area contributed by atoms with E-state index < -0.39 is 5.41 Å². The van der Waals surface area contributed by atoms with E-state index in [2.05, 4.69) is 371 Å². The lowest BCUT2D eigenvalue weighted by molar-refractivity contribution is 0.590. The SMILES string of the molecule is CC(C)(C)c1ccc2c(c1)c1cc(C(C)(C)C)ccc1n2-c1ccc2c(c1)-c1c(ccc3c1B(c1ccccc1)c1ccccc1B3c1ccccc1)C21c2ccc(-n3c4ccccc4c4ccccc43)cc2-c2c1ccc1c2N(c2ccccc2)c2ccccc2B1c1ccccc1. The van der Waals surface area contributed by atoms with Crippen LogP contribution in [0.5, 0.6) is 0 Å². The Morgan fingerprint density at radius 3 is 1.22 bits per heavy atom. The zero-order valence-corrected chi connectivity index (χ0v) is 56.6. The fourth-order valence-electron chi connectivity index (χ4n) is 18.6. The van der Waals surface area contributed by atoms with E-state index in [1.54, 1.807) is 0 Å². The molecule has 0 fully saturated rings. The predicted octanol–water partition coefficient (Wildman–Crippen LogP) is 16.5. The maximum absolute atomic E-state index is 2.62. The molecular formula is C93H70B3N3.